The second kappa shape index (κ2) is 6.55. The lowest BCUT2D eigenvalue weighted by atomic mass is 10.2. The molecule has 1 amide bonds. The molecule has 0 aromatic heterocycles. The molecule has 0 aliphatic carbocycles. The van der Waals surface area contributed by atoms with Crippen molar-refractivity contribution in [3.8, 4) is 0 Å². The molecule has 1 N–H and O–H groups in total. The number of carbonyl (C=O) groups is 1. The molecule has 0 saturated heterocycles. The first-order chi connectivity index (χ1) is 10.8. The van der Waals surface area contributed by atoms with Crippen LogP contribution in [0, 0.1) is 34.9 Å². The molecule has 0 heterocycles. The zero-order valence-corrected chi connectivity index (χ0v) is 11.1. The minimum Gasteiger partial charge on any atom is -0.317 e. The van der Waals surface area contributed by atoms with E-state index in [1.165, 1.54) is 18.2 Å². The average molecular weight is 331 g/mol. The minimum atomic E-state index is -2.32. The van der Waals surface area contributed by atoms with Crippen LogP contribution in [0.4, 0.5) is 32.0 Å². The van der Waals surface area contributed by atoms with E-state index in [0.717, 1.165) is 18.2 Å². The van der Waals surface area contributed by atoms with Gasteiger partial charge in [0, 0.05) is 6.08 Å². The van der Waals surface area contributed by atoms with Gasteiger partial charge < -0.3 is 5.32 Å². The molecule has 8 heteroatoms. The van der Waals surface area contributed by atoms with Crippen molar-refractivity contribution in [2.24, 2.45) is 0 Å². The van der Waals surface area contributed by atoms with Crippen LogP contribution in [-0.4, -0.2) is 5.91 Å². The molecule has 0 aliphatic rings. The zero-order chi connectivity index (χ0) is 17.1. The number of halogens is 6. The second-order valence-corrected chi connectivity index (χ2v) is 4.32. The second-order valence-electron chi connectivity index (χ2n) is 4.32. The molecule has 2 aromatic carbocycles. The van der Waals surface area contributed by atoms with Crippen LogP contribution in [0.5, 0.6) is 0 Å². The highest BCUT2D eigenvalue weighted by Gasteiger charge is 2.26. The Bertz CT molecular complexity index is 757. The average Bonchev–Trinajstić information content (AvgIpc) is 2.54. The van der Waals surface area contributed by atoms with Crippen LogP contribution in [0.1, 0.15) is 5.56 Å². The van der Waals surface area contributed by atoms with Crippen LogP contribution in [0.2, 0.25) is 0 Å². The molecule has 0 saturated carbocycles. The van der Waals surface area contributed by atoms with Crippen molar-refractivity contribution in [2.45, 2.75) is 0 Å². The van der Waals surface area contributed by atoms with E-state index >= 15 is 0 Å². The molecule has 2 rings (SSSR count). The maximum absolute atomic E-state index is 13.4. The summed E-state index contributed by atoms with van der Waals surface area (Å²) in [5.74, 6) is -12.6. The largest absolute Gasteiger partial charge is 0.317 e. The third-order valence-electron chi connectivity index (χ3n) is 2.76. The van der Waals surface area contributed by atoms with E-state index in [4.69, 9.17) is 0 Å². The summed E-state index contributed by atoms with van der Waals surface area (Å²) >= 11 is 0. The number of nitrogens with one attached hydrogen (secondary N) is 1. The van der Waals surface area contributed by atoms with Crippen molar-refractivity contribution in [1.29, 1.82) is 0 Å². The predicted octanol–water partition coefficient (Wildman–Crippen LogP) is 4.17. The summed E-state index contributed by atoms with van der Waals surface area (Å²) < 4.78 is 78.2. The van der Waals surface area contributed by atoms with Gasteiger partial charge in [0.05, 0.1) is 0 Å². The van der Waals surface area contributed by atoms with E-state index in [-0.39, 0.29) is 0 Å². The fourth-order valence-corrected chi connectivity index (χ4v) is 1.63. The molecular weight excluding hydrogens is 324 g/mol. The number of amides is 1. The third-order valence-corrected chi connectivity index (χ3v) is 2.76. The summed E-state index contributed by atoms with van der Waals surface area (Å²) in [5.41, 5.74) is -1.06. The van der Waals surface area contributed by atoms with Crippen molar-refractivity contribution in [3.63, 3.8) is 0 Å². The first-order valence-corrected chi connectivity index (χ1v) is 6.07. The van der Waals surface area contributed by atoms with Crippen LogP contribution in [0.25, 0.3) is 6.08 Å². The monoisotopic (exact) mass is 331 g/mol. The highest BCUT2D eigenvalue weighted by atomic mass is 19.2. The van der Waals surface area contributed by atoms with E-state index in [9.17, 15) is 31.1 Å². The van der Waals surface area contributed by atoms with Crippen molar-refractivity contribution in [3.05, 3.63) is 70.8 Å². The van der Waals surface area contributed by atoms with Crippen LogP contribution in [-0.2, 0) is 4.79 Å². The molecule has 0 fully saturated rings. The van der Waals surface area contributed by atoms with E-state index < -0.39 is 46.5 Å². The van der Waals surface area contributed by atoms with E-state index in [1.54, 1.807) is 5.32 Å². The molecule has 0 radical (unpaired) electrons. The Labute approximate surface area is 126 Å². The summed E-state index contributed by atoms with van der Waals surface area (Å²) in [7, 11) is 0. The van der Waals surface area contributed by atoms with Crippen LogP contribution >= 0.6 is 0 Å². The number of rotatable bonds is 3. The molecule has 0 atom stereocenters. The number of benzene rings is 2. The van der Waals surface area contributed by atoms with Gasteiger partial charge in [-0.1, -0.05) is 12.1 Å². The van der Waals surface area contributed by atoms with Crippen LogP contribution in [0.3, 0.4) is 0 Å². The molecular formula is C15H7F6NO. The van der Waals surface area contributed by atoms with Gasteiger partial charge in [0.15, 0.2) is 23.3 Å². The topological polar surface area (TPSA) is 29.1 Å². The molecule has 0 spiro atoms. The van der Waals surface area contributed by atoms with Gasteiger partial charge in [0.1, 0.15) is 11.5 Å². The Balaban J connectivity index is 2.22. The van der Waals surface area contributed by atoms with Gasteiger partial charge in [-0.05, 0) is 23.8 Å². The standard InChI is InChI=1S/C15H7F6NO/c16-8-4-1-7(2-5-8)3-6-9(23)22-15-13(20)11(18)10(17)12(19)14(15)21/h1-6H,(H,22,23). The summed E-state index contributed by atoms with van der Waals surface area (Å²) in [6, 6.07) is 4.86. The summed E-state index contributed by atoms with van der Waals surface area (Å²) in [5, 5.41) is 1.57. The smallest absolute Gasteiger partial charge is 0.248 e. The summed E-state index contributed by atoms with van der Waals surface area (Å²) in [4.78, 5) is 11.5. The normalized spacial score (nSPS) is 11.0. The lowest BCUT2D eigenvalue weighted by Gasteiger charge is -2.08. The van der Waals surface area contributed by atoms with Crippen molar-refractivity contribution in [1.82, 2.24) is 0 Å². The van der Waals surface area contributed by atoms with E-state index in [1.807, 2.05) is 0 Å². The van der Waals surface area contributed by atoms with E-state index in [0.29, 0.717) is 5.56 Å². The first kappa shape index (κ1) is 16.6. The first-order valence-electron chi connectivity index (χ1n) is 6.07. The van der Waals surface area contributed by atoms with Gasteiger partial charge >= 0.3 is 0 Å². The highest BCUT2D eigenvalue weighted by Crippen LogP contribution is 2.27. The molecule has 0 unspecified atom stereocenters. The summed E-state index contributed by atoms with van der Waals surface area (Å²) in [6.07, 6.45) is 1.96. The molecule has 23 heavy (non-hydrogen) atoms. The molecule has 0 bridgehead atoms. The molecule has 2 nitrogen and oxygen atoms in total. The minimum absolute atomic E-state index is 0.388. The maximum Gasteiger partial charge on any atom is 0.248 e. The number of carbonyl (C=O) groups excluding carboxylic acids is 1. The van der Waals surface area contributed by atoms with Crippen molar-refractivity contribution in [2.75, 3.05) is 5.32 Å². The van der Waals surface area contributed by atoms with Gasteiger partial charge in [0.2, 0.25) is 11.7 Å². The Morgan fingerprint density at radius 1 is 0.783 bits per heavy atom. The number of anilines is 1. The molecule has 120 valence electrons. The Kier molecular flexibility index (Phi) is 4.73. The number of hydrogen-bond donors (Lipinski definition) is 1. The lowest BCUT2D eigenvalue weighted by molar-refractivity contribution is -0.111. The van der Waals surface area contributed by atoms with Gasteiger partial charge in [-0.15, -0.1) is 0 Å². The fraction of sp³-hybridized carbons (Fsp3) is 0. The molecule has 2 aromatic rings. The fourth-order valence-electron chi connectivity index (χ4n) is 1.63. The zero-order valence-electron chi connectivity index (χ0n) is 11.1. The predicted molar refractivity (Wildman–Crippen MR) is 70.3 cm³/mol. The highest BCUT2D eigenvalue weighted by molar-refractivity contribution is 6.02. The maximum atomic E-state index is 13.4. The SMILES string of the molecule is O=C(C=Cc1ccc(F)cc1)Nc1c(F)c(F)c(F)c(F)c1F. The third kappa shape index (κ3) is 3.53. The van der Waals surface area contributed by atoms with Crippen LogP contribution < -0.4 is 5.32 Å². The van der Waals surface area contributed by atoms with Gasteiger partial charge in [-0.3, -0.25) is 4.79 Å². The quantitative estimate of drug-likeness (QED) is 0.389. The molecule has 0 aliphatic heterocycles. The van der Waals surface area contributed by atoms with Crippen molar-refractivity contribution >= 4 is 17.7 Å². The Morgan fingerprint density at radius 3 is 1.78 bits per heavy atom. The van der Waals surface area contributed by atoms with Crippen molar-refractivity contribution < 1.29 is 31.1 Å². The van der Waals surface area contributed by atoms with Gasteiger partial charge in [0.25, 0.3) is 0 Å². The Morgan fingerprint density at radius 2 is 1.26 bits per heavy atom. The number of hydrogen-bond acceptors (Lipinski definition) is 1. The van der Waals surface area contributed by atoms with E-state index in [2.05, 4.69) is 0 Å². The van der Waals surface area contributed by atoms with Crippen LogP contribution in [0.15, 0.2) is 30.3 Å². The Hall–Kier alpha value is -2.77. The summed E-state index contributed by atoms with van der Waals surface area (Å²) in [6.45, 7) is 0. The van der Waals surface area contributed by atoms with Gasteiger partial charge in [-0.25, -0.2) is 26.3 Å². The van der Waals surface area contributed by atoms with Gasteiger partial charge in [-0.2, -0.15) is 0 Å². The lowest BCUT2D eigenvalue weighted by Crippen LogP contribution is -2.14.